The van der Waals surface area contributed by atoms with Crippen molar-refractivity contribution < 1.29 is 4.79 Å². The molecule has 0 atom stereocenters. The molecule has 27 heavy (non-hydrogen) atoms. The van der Waals surface area contributed by atoms with Crippen LogP contribution >= 0.6 is 11.5 Å². The van der Waals surface area contributed by atoms with Crippen molar-refractivity contribution >= 4 is 28.3 Å². The van der Waals surface area contributed by atoms with Gasteiger partial charge in [-0.3, -0.25) is 4.79 Å². The number of benzene rings is 1. The second kappa shape index (κ2) is 7.56. The van der Waals surface area contributed by atoms with Crippen LogP contribution in [0.25, 0.3) is 11.3 Å². The van der Waals surface area contributed by atoms with Gasteiger partial charge >= 0.3 is 0 Å². The summed E-state index contributed by atoms with van der Waals surface area (Å²) >= 11 is 0.994. The molecule has 0 fully saturated rings. The van der Waals surface area contributed by atoms with Gasteiger partial charge in [-0.05, 0) is 18.5 Å². The van der Waals surface area contributed by atoms with Crippen molar-refractivity contribution in [2.75, 3.05) is 0 Å². The van der Waals surface area contributed by atoms with E-state index in [0.717, 1.165) is 17.1 Å². The molecule has 3 N–H and O–H groups in total. The SMILES string of the molecule is Cc1nsc(N=Nc2nc(C(C#N)C#N)[nH]c2-c2ccccc2)c1C(N)=O. The number of primary amides is 1. The number of H-pyrrole nitrogens is 1. The number of rotatable bonds is 5. The van der Waals surface area contributed by atoms with Crippen molar-refractivity contribution in [2.24, 2.45) is 16.0 Å². The maximum absolute atomic E-state index is 11.6. The van der Waals surface area contributed by atoms with Crippen molar-refractivity contribution in [1.29, 1.82) is 10.5 Å². The lowest BCUT2D eigenvalue weighted by atomic mass is 10.1. The molecule has 0 saturated heterocycles. The Morgan fingerprint density at radius 3 is 2.59 bits per heavy atom. The van der Waals surface area contributed by atoms with E-state index in [1.54, 1.807) is 6.92 Å². The van der Waals surface area contributed by atoms with Crippen LogP contribution in [0, 0.1) is 29.6 Å². The molecule has 9 nitrogen and oxygen atoms in total. The minimum absolute atomic E-state index is 0.170. The van der Waals surface area contributed by atoms with Crippen molar-refractivity contribution in [3.8, 4) is 23.4 Å². The summed E-state index contributed by atoms with van der Waals surface area (Å²) in [4.78, 5) is 18.8. The topological polar surface area (TPSA) is 157 Å². The fourth-order valence-electron chi connectivity index (χ4n) is 2.35. The molecule has 0 radical (unpaired) electrons. The van der Waals surface area contributed by atoms with E-state index in [2.05, 4.69) is 24.6 Å². The Bertz CT molecular complexity index is 1090. The van der Waals surface area contributed by atoms with Crippen LogP contribution in [0.15, 0.2) is 40.6 Å². The highest BCUT2D eigenvalue weighted by molar-refractivity contribution is 7.10. The molecular weight excluding hydrogens is 364 g/mol. The summed E-state index contributed by atoms with van der Waals surface area (Å²) in [6.07, 6.45) is 0. The highest BCUT2D eigenvalue weighted by Gasteiger charge is 2.20. The molecule has 3 aromatic rings. The first-order valence-electron chi connectivity index (χ1n) is 7.67. The van der Waals surface area contributed by atoms with E-state index in [1.807, 2.05) is 42.5 Å². The minimum Gasteiger partial charge on any atom is -0.365 e. The fourth-order valence-corrected chi connectivity index (χ4v) is 3.08. The first-order chi connectivity index (χ1) is 13.0. The zero-order valence-electron chi connectivity index (χ0n) is 14.0. The Balaban J connectivity index is 2.08. The summed E-state index contributed by atoms with van der Waals surface area (Å²) in [7, 11) is 0. The average molecular weight is 376 g/mol. The van der Waals surface area contributed by atoms with Crippen LogP contribution in [0.2, 0.25) is 0 Å². The van der Waals surface area contributed by atoms with E-state index < -0.39 is 11.8 Å². The van der Waals surface area contributed by atoms with Crippen LogP contribution in [0.5, 0.6) is 0 Å². The molecule has 0 unspecified atom stereocenters. The second-order valence-corrected chi connectivity index (χ2v) is 6.14. The van der Waals surface area contributed by atoms with Gasteiger partial charge in [-0.25, -0.2) is 4.98 Å². The van der Waals surface area contributed by atoms with E-state index in [1.165, 1.54) is 0 Å². The molecule has 0 bridgehead atoms. The lowest BCUT2D eigenvalue weighted by Crippen LogP contribution is -2.11. The third kappa shape index (κ3) is 3.56. The quantitative estimate of drug-likeness (QED) is 0.651. The van der Waals surface area contributed by atoms with Gasteiger partial charge < -0.3 is 10.7 Å². The van der Waals surface area contributed by atoms with E-state index >= 15 is 0 Å². The third-order valence-corrected chi connectivity index (χ3v) is 4.45. The summed E-state index contributed by atoms with van der Waals surface area (Å²) in [5, 5.41) is 26.7. The molecule has 2 aromatic heterocycles. The van der Waals surface area contributed by atoms with Crippen LogP contribution in [-0.4, -0.2) is 20.2 Å². The summed E-state index contributed by atoms with van der Waals surface area (Å²) in [5.41, 5.74) is 7.30. The van der Waals surface area contributed by atoms with Crippen LogP contribution in [-0.2, 0) is 0 Å². The number of azo groups is 1. The van der Waals surface area contributed by atoms with Gasteiger partial charge in [0, 0.05) is 5.56 Å². The molecule has 1 amide bonds. The van der Waals surface area contributed by atoms with Crippen molar-refractivity contribution in [1.82, 2.24) is 14.3 Å². The summed E-state index contributed by atoms with van der Waals surface area (Å²) in [6, 6.07) is 12.9. The largest absolute Gasteiger partial charge is 0.365 e. The first kappa shape index (κ1) is 17.9. The number of amides is 1. The van der Waals surface area contributed by atoms with Crippen LogP contribution < -0.4 is 5.73 Å². The monoisotopic (exact) mass is 376 g/mol. The maximum Gasteiger partial charge on any atom is 0.253 e. The Hall–Kier alpha value is -3.89. The predicted octanol–water partition coefficient (Wildman–Crippen LogP) is 3.49. The third-order valence-electron chi connectivity index (χ3n) is 3.62. The smallest absolute Gasteiger partial charge is 0.253 e. The van der Waals surface area contributed by atoms with Crippen molar-refractivity contribution in [2.45, 2.75) is 12.8 Å². The summed E-state index contributed by atoms with van der Waals surface area (Å²) < 4.78 is 4.06. The predicted molar refractivity (Wildman–Crippen MR) is 97.5 cm³/mol. The van der Waals surface area contributed by atoms with Crippen LogP contribution in [0.4, 0.5) is 10.8 Å². The molecule has 0 saturated carbocycles. The molecule has 10 heteroatoms. The standard InChI is InChI=1S/C17H12N8OS/c1-9-12(14(20)26)17(27-25-9)24-23-16-13(10-5-3-2-4-6-10)21-15(22-16)11(7-18)8-19/h2-6,11H,1H3,(H2,20,26)(H,21,22). The molecule has 0 aliphatic rings. The van der Waals surface area contributed by atoms with Gasteiger partial charge in [0.15, 0.2) is 10.9 Å². The zero-order valence-corrected chi connectivity index (χ0v) is 14.9. The van der Waals surface area contributed by atoms with E-state index in [4.69, 9.17) is 16.3 Å². The van der Waals surface area contributed by atoms with E-state index in [0.29, 0.717) is 11.4 Å². The average Bonchev–Trinajstić information content (AvgIpc) is 3.25. The Morgan fingerprint density at radius 1 is 1.26 bits per heavy atom. The number of aryl methyl sites for hydroxylation is 1. The number of carbonyl (C=O) groups is 1. The van der Waals surface area contributed by atoms with Gasteiger partial charge in [0.2, 0.25) is 5.82 Å². The van der Waals surface area contributed by atoms with E-state index in [-0.39, 0.29) is 22.2 Å². The van der Waals surface area contributed by atoms with Crippen molar-refractivity contribution in [3.63, 3.8) is 0 Å². The Kier molecular flexibility index (Phi) is 5.01. The van der Waals surface area contributed by atoms with Gasteiger partial charge in [-0.1, -0.05) is 30.3 Å². The van der Waals surface area contributed by atoms with Crippen LogP contribution in [0.1, 0.15) is 27.8 Å². The number of imidazole rings is 1. The lowest BCUT2D eigenvalue weighted by molar-refractivity contribution is 0.100. The first-order valence-corrected chi connectivity index (χ1v) is 8.44. The number of nitrogens with one attached hydrogen (secondary N) is 1. The molecule has 0 aliphatic carbocycles. The summed E-state index contributed by atoms with van der Waals surface area (Å²) in [5.74, 6) is -1.35. The van der Waals surface area contributed by atoms with Crippen LogP contribution in [0.3, 0.4) is 0 Å². The van der Waals surface area contributed by atoms with Gasteiger partial charge in [-0.2, -0.15) is 14.9 Å². The van der Waals surface area contributed by atoms with E-state index in [9.17, 15) is 4.79 Å². The number of aromatic amines is 1. The molecule has 2 heterocycles. The fraction of sp³-hybridized carbons (Fsp3) is 0.118. The van der Waals surface area contributed by atoms with Gasteiger partial charge in [-0.15, -0.1) is 10.2 Å². The van der Waals surface area contributed by atoms with Gasteiger partial charge in [0.1, 0.15) is 11.4 Å². The number of nitrogens with two attached hydrogens (primary N) is 1. The number of hydrogen-bond donors (Lipinski definition) is 2. The number of nitrogens with zero attached hydrogens (tertiary/aromatic N) is 6. The number of nitriles is 2. The normalized spacial score (nSPS) is 10.8. The minimum atomic E-state index is -1.07. The number of hydrogen-bond acceptors (Lipinski definition) is 8. The maximum atomic E-state index is 11.6. The van der Waals surface area contributed by atoms with Gasteiger partial charge in [0.05, 0.1) is 23.5 Å². The van der Waals surface area contributed by atoms with Crippen molar-refractivity contribution in [3.05, 3.63) is 47.4 Å². The Morgan fingerprint density at radius 2 is 1.96 bits per heavy atom. The highest BCUT2D eigenvalue weighted by atomic mass is 32.1. The zero-order chi connectivity index (χ0) is 19.4. The highest BCUT2D eigenvalue weighted by Crippen LogP contribution is 2.33. The Labute approximate surface area is 158 Å². The number of carbonyl (C=O) groups excluding carboxylic acids is 1. The molecular formula is C17H12N8OS. The molecule has 132 valence electrons. The summed E-state index contributed by atoms with van der Waals surface area (Å²) in [6.45, 7) is 1.65. The number of aromatic nitrogens is 3. The molecule has 1 aromatic carbocycles. The molecule has 3 rings (SSSR count). The second-order valence-electron chi connectivity index (χ2n) is 5.39. The van der Waals surface area contributed by atoms with Gasteiger partial charge in [0.25, 0.3) is 5.91 Å². The lowest BCUT2D eigenvalue weighted by Gasteiger charge is -1.98. The molecule has 0 spiro atoms. The molecule has 0 aliphatic heterocycles.